The average molecular weight is 457 g/mol. The van der Waals surface area contributed by atoms with Gasteiger partial charge in [-0.1, -0.05) is 54.3 Å². The number of nitrogens with zero attached hydrogens (tertiary/aromatic N) is 1. The molecule has 1 fully saturated rings. The van der Waals surface area contributed by atoms with Gasteiger partial charge in [-0.05, 0) is 49.8 Å². The number of carbonyl (C=O) groups is 3. The Morgan fingerprint density at radius 2 is 1.81 bits per heavy atom. The lowest BCUT2D eigenvalue weighted by molar-refractivity contribution is -0.142. The zero-order valence-corrected chi connectivity index (χ0v) is 18.4. The molecule has 2 aromatic rings. The van der Waals surface area contributed by atoms with Gasteiger partial charge < -0.3 is 15.2 Å². The van der Waals surface area contributed by atoms with E-state index in [1.54, 1.807) is 12.1 Å². The first kappa shape index (κ1) is 22.5. The number of benzene rings is 2. The number of carboxylic acids is 1. The van der Waals surface area contributed by atoms with Crippen LogP contribution in [-0.2, 0) is 14.4 Å². The SMILES string of the molecule is CC(NC(=O)C(C)N1C(=O)/C(=C/c2cccc(Oc3ccccc3)c2)SC1=S)C(=O)O. The van der Waals surface area contributed by atoms with Crippen molar-refractivity contribution in [3.8, 4) is 11.5 Å². The molecule has 2 N–H and O–H groups in total. The summed E-state index contributed by atoms with van der Waals surface area (Å²) in [6.07, 6.45) is 1.68. The maximum Gasteiger partial charge on any atom is 0.325 e. The number of para-hydroxylation sites is 1. The number of hydrogen-bond donors (Lipinski definition) is 2. The fraction of sp³-hybridized carbons (Fsp3) is 0.182. The molecule has 1 aliphatic heterocycles. The van der Waals surface area contributed by atoms with E-state index in [4.69, 9.17) is 22.1 Å². The number of rotatable bonds is 7. The number of nitrogens with one attached hydrogen (secondary N) is 1. The van der Waals surface area contributed by atoms with Crippen LogP contribution in [0.5, 0.6) is 11.5 Å². The maximum atomic E-state index is 12.9. The zero-order chi connectivity index (χ0) is 22.5. The molecule has 0 aromatic heterocycles. The van der Waals surface area contributed by atoms with Gasteiger partial charge in [-0.15, -0.1) is 0 Å². The van der Waals surface area contributed by atoms with E-state index in [9.17, 15) is 14.4 Å². The Morgan fingerprint density at radius 3 is 2.48 bits per heavy atom. The highest BCUT2D eigenvalue weighted by molar-refractivity contribution is 8.26. The Balaban J connectivity index is 1.75. The third kappa shape index (κ3) is 5.50. The second kappa shape index (κ2) is 9.76. The van der Waals surface area contributed by atoms with Crippen LogP contribution in [0.15, 0.2) is 59.5 Å². The van der Waals surface area contributed by atoms with Gasteiger partial charge in [0, 0.05) is 0 Å². The molecule has 0 saturated carbocycles. The molecule has 1 saturated heterocycles. The van der Waals surface area contributed by atoms with Gasteiger partial charge >= 0.3 is 5.97 Å². The fourth-order valence-corrected chi connectivity index (χ4v) is 4.19. The molecule has 3 rings (SSSR count). The molecule has 0 radical (unpaired) electrons. The molecule has 160 valence electrons. The molecule has 0 aliphatic carbocycles. The molecule has 1 aliphatic rings. The number of hydrogen-bond acceptors (Lipinski definition) is 6. The molecule has 2 amide bonds. The van der Waals surface area contributed by atoms with Gasteiger partial charge in [0.05, 0.1) is 4.91 Å². The van der Waals surface area contributed by atoms with Gasteiger partial charge in [-0.2, -0.15) is 0 Å². The number of thioether (sulfide) groups is 1. The van der Waals surface area contributed by atoms with E-state index in [2.05, 4.69) is 5.32 Å². The summed E-state index contributed by atoms with van der Waals surface area (Å²) in [5.74, 6) is -0.851. The number of ether oxygens (including phenoxy) is 1. The minimum atomic E-state index is -1.16. The summed E-state index contributed by atoms with van der Waals surface area (Å²) in [5, 5.41) is 11.3. The van der Waals surface area contributed by atoms with Crippen LogP contribution in [0.3, 0.4) is 0 Å². The second-order valence-corrected chi connectivity index (χ2v) is 8.46. The highest BCUT2D eigenvalue weighted by Crippen LogP contribution is 2.34. The summed E-state index contributed by atoms with van der Waals surface area (Å²) in [5.41, 5.74) is 0.741. The van der Waals surface area contributed by atoms with E-state index in [1.165, 1.54) is 18.7 Å². The molecule has 2 aromatic carbocycles. The minimum absolute atomic E-state index is 0.235. The normalized spacial score (nSPS) is 16.8. The topological polar surface area (TPSA) is 95.9 Å². The number of carboxylic acid groups (broad SMARTS) is 1. The van der Waals surface area contributed by atoms with Gasteiger partial charge in [0.15, 0.2) is 0 Å². The van der Waals surface area contributed by atoms with Gasteiger partial charge in [-0.3, -0.25) is 19.3 Å². The Morgan fingerprint density at radius 1 is 1.13 bits per heavy atom. The first-order valence-corrected chi connectivity index (χ1v) is 10.6. The van der Waals surface area contributed by atoms with E-state index in [-0.39, 0.29) is 4.32 Å². The van der Waals surface area contributed by atoms with Crippen molar-refractivity contribution in [2.45, 2.75) is 25.9 Å². The quantitative estimate of drug-likeness (QED) is 0.485. The summed E-state index contributed by atoms with van der Waals surface area (Å²) < 4.78 is 6.06. The first-order chi connectivity index (χ1) is 14.8. The molecule has 9 heteroatoms. The van der Waals surface area contributed by atoms with Gasteiger partial charge in [0.2, 0.25) is 5.91 Å². The highest BCUT2D eigenvalue weighted by atomic mass is 32.2. The second-order valence-electron chi connectivity index (χ2n) is 6.78. The predicted octanol–water partition coefficient (Wildman–Crippen LogP) is 3.66. The van der Waals surface area contributed by atoms with Crippen LogP contribution in [0.4, 0.5) is 0 Å². The highest BCUT2D eigenvalue weighted by Gasteiger charge is 2.38. The van der Waals surface area contributed by atoms with Crippen molar-refractivity contribution in [3.05, 3.63) is 65.1 Å². The number of amides is 2. The van der Waals surface area contributed by atoms with E-state index in [1.807, 2.05) is 48.5 Å². The van der Waals surface area contributed by atoms with E-state index in [0.29, 0.717) is 16.4 Å². The lowest BCUT2D eigenvalue weighted by atomic mass is 10.2. The standard InChI is InChI=1S/C22H20N2O5S2/c1-13(21(27)28)23-19(25)14(2)24-20(26)18(31-22(24)30)12-15-7-6-10-17(11-15)29-16-8-4-3-5-9-16/h3-14H,1-2H3,(H,23,25)(H,27,28)/b18-12-. The van der Waals surface area contributed by atoms with Crippen LogP contribution in [-0.4, -0.2) is 44.2 Å². The van der Waals surface area contributed by atoms with E-state index in [0.717, 1.165) is 17.3 Å². The van der Waals surface area contributed by atoms with Crippen LogP contribution in [0.1, 0.15) is 19.4 Å². The third-order valence-electron chi connectivity index (χ3n) is 4.45. The van der Waals surface area contributed by atoms with Crippen molar-refractivity contribution in [2.24, 2.45) is 0 Å². The molecule has 31 heavy (non-hydrogen) atoms. The van der Waals surface area contributed by atoms with E-state index < -0.39 is 29.9 Å². The van der Waals surface area contributed by atoms with Gasteiger partial charge in [0.1, 0.15) is 27.9 Å². The van der Waals surface area contributed by atoms with Crippen LogP contribution < -0.4 is 10.1 Å². The van der Waals surface area contributed by atoms with Gasteiger partial charge in [-0.25, -0.2) is 0 Å². The molecule has 2 atom stereocenters. The third-order valence-corrected chi connectivity index (χ3v) is 5.78. The van der Waals surface area contributed by atoms with Crippen molar-refractivity contribution >= 4 is 52.2 Å². The Hall–Kier alpha value is -3.17. The summed E-state index contributed by atoms with van der Waals surface area (Å²) in [4.78, 5) is 37.8. The first-order valence-electron chi connectivity index (χ1n) is 9.39. The van der Waals surface area contributed by atoms with Crippen LogP contribution in [0.2, 0.25) is 0 Å². The fourth-order valence-electron chi connectivity index (χ4n) is 2.77. The van der Waals surface area contributed by atoms with Crippen molar-refractivity contribution in [1.29, 1.82) is 0 Å². The molecule has 0 spiro atoms. The largest absolute Gasteiger partial charge is 0.480 e. The van der Waals surface area contributed by atoms with Crippen molar-refractivity contribution in [1.82, 2.24) is 10.2 Å². The monoisotopic (exact) mass is 456 g/mol. The van der Waals surface area contributed by atoms with Crippen molar-refractivity contribution in [3.63, 3.8) is 0 Å². The molecule has 2 unspecified atom stereocenters. The summed E-state index contributed by atoms with van der Waals surface area (Å²) in [7, 11) is 0. The molecule has 7 nitrogen and oxygen atoms in total. The summed E-state index contributed by atoms with van der Waals surface area (Å²) in [6, 6.07) is 14.6. The van der Waals surface area contributed by atoms with E-state index >= 15 is 0 Å². The van der Waals surface area contributed by atoms with Gasteiger partial charge in [0.25, 0.3) is 5.91 Å². The number of carbonyl (C=O) groups excluding carboxylic acids is 2. The minimum Gasteiger partial charge on any atom is -0.480 e. The van der Waals surface area contributed by atoms with Crippen molar-refractivity contribution in [2.75, 3.05) is 0 Å². The number of aliphatic carboxylic acids is 1. The maximum absolute atomic E-state index is 12.9. The summed E-state index contributed by atoms with van der Waals surface area (Å²) in [6.45, 7) is 2.85. The zero-order valence-electron chi connectivity index (χ0n) is 16.8. The van der Waals surface area contributed by atoms with Crippen LogP contribution in [0.25, 0.3) is 6.08 Å². The Labute approximate surface area is 189 Å². The molecule has 1 heterocycles. The van der Waals surface area contributed by atoms with Crippen LogP contribution in [0, 0.1) is 0 Å². The number of thiocarbonyl (C=S) groups is 1. The summed E-state index contributed by atoms with van der Waals surface area (Å²) >= 11 is 6.38. The Kier molecular flexibility index (Phi) is 7.09. The lowest BCUT2D eigenvalue weighted by Gasteiger charge is -2.23. The lowest BCUT2D eigenvalue weighted by Crippen LogP contribution is -2.50. The smallest absolute Gasteiger partial charge is 0.325 e. The molecular weight excluding hydrogens is 436 g/mol. The van der Waals surface area contributed by atoms with Crippen LogP contribution >= 0.6 is 24.0 Å². The Bertz CT molecular complexity index is 1050. The molecule has 0 bridgehead atoms. The van der Waals surface area contributed by atoms with Crippen molar-refractivity contribution < 1.29 is 24.2 Å². The molecular formula is C22H20N2O5S2. The average Bonchev–Trinajstić information content (AvgIpc) is 3.01. The predicted molar refractivity (Wildman–Crippen MR) is 123 cm³/mol.